The lowest BCUT2D eigenvalue weighted by Gasteiger charge is -2.25. The van der Waals surface area contributed by atoms with Crippen LogP contribution in [0.25, 0.3) is 12.2 Å². The van der Waals surface area contributed by atoms with Crippen LogP contribution in [0.3, 0.4) is 0 Å². The van der Waals surface area contributed by atoms with Gasteiger partial charge in [0.1, 0.15) is 0 Å². The third-order valence-electron chi connectivity index (χ3n) is 9.75. The summed E-state index contributed by atoms with van der Waals surface area (Å²) in [5.41, 5.74) is 3.28. The van der Waals surface area contributed by atoms with Crippen molar-refractivity contribution in [2.75, 3.05) is 0 Å². The molecule has 0 spiro atoms. The lowest BCUT2D eigenvalue weighted by atomic mass is 9.78. The Labute approximate surface area is 186 Å². The molecule has 0 N–H and O–H groups in total. The molecule has 5 aliphatic carbocycles. The average molecular weight is 415 g/mol. The van der Waals surface area contributed by atoms with Crippen molar-refractivity contribution in [2.24, 2.45) is 47.3 Å². The summed E-state index contributed by atoms with van der Waals surface area (Å²) < 4.78 is 0. The SMILES string of the molecule is CC1CC(C(=O)/C=C/c2ccc(/C=C3/C(=O)C4CC3C3CCCC43)cc2)C2CCCC12. The second-order valence-corrected chi connectivity index (χ2v) is 11.2. The minimum Gasteiger partial charge on any atom is -0.295 e. The first-order chi connectivity index (χ1) is 15.1. The zero-order valence-corrected chi connectivity index (χ0v) is 18.6. The lowest BCUT2D eigenvalue weighted by Crippen LogP contribution is -2.26. The van der Waals surface area contributed by atoms with Crippen LogP contribution >= 0.6 is 0 Å². The number of allylic oxidation sites excluding steroid dienone is 2. The molecule has 0 amide bonds. The molecule has 6 rings (SSSR count). The molecule has 31 heavy (non-hydrogen) atoms. The molecule has 5 saturated carbocycles. The minimum absolute atomic E-state index is 0.242. The lowest BCUT2D eigenvalue weighted by molar-refractivity contribution is -0.120. The maximum atomic E-state index is 12.9. The van der Waals surface area contributed by atoms with Crippen molar-refractivity contribution < 1.29 is 9.59 Å². The molecule has 2 heteroatoms. The summed E-state index contributed by atoms with van der Waals surface area (Å²) in [6.07, 6.45) is 15.9. The summed E-state index contributed by atoms with van der Waals surface area (Å²) in [7, 11) is 0. The molecule has 8 atom stereocenters. The highest BCUT2D eigenvalue weighted by Crippen LogP contribution is 2.59. The van der Waals surface area contributed by atoms with Crippen molar-refractivity contribution in [2.45, 2.75) is 58.3 Å². The molecule has 1 aromatic rings. The molecule has 2 nitrogen and oxygen atoms in total. The van der Waals surface area contributed by atoms with Crippen molar-refractivity contribution in [1.82, 2.24) is 0 Å². The molecule has 0 aromatic heterocycles. The third-order valence-corrected chi connectivity index (χ3v) is 9.75. The van der Waals surface area contributed by atoms with E-state index in [1.165, 1.54) is 38.5 Å². The van der Waals surface area contributed by atoms with Gasteiger partial charge in [0.25, 0.3) is 0 Å². The predicted octanol–water partition coefficient (Wildman–Crippen LogP) is 6.36. The van der Waals surface area contributed by atoms with E-state index < -0.39 is 0 Å². The van der Waals surface area contributed by atoms with Gasteiger partial charge in [-0.3, -0.25) is 9.59 Å². The van der Waals surface area contributed by atoms with Gasteiger partial charge < -0.3 is 0 Å². The number of benzene rings is 1. The van der Waals surface area contributed by atoms with Crippen LogP contribution in [0.2, 0.25) is 0 Å². The van der Waals surface area contributed by atoms with Crippen LogP contribution in [0.4, 0.5) is 0 Å². The molecule has 0 radical (unpaired) electrons. The summed E-state index contributed by atoms with van der Waals surface area (Å²) in [5, 5.41) is 0. The highest BCUT2D eigenvalue weighted by molar-refractivity contribution is 6.05. The number of fused-ring (bicyclic) bond motifs is 6. The van der Waals surface area contributed by atoms with Gasteiger partial charge in [-0.05, 0) is 103 Å². The zero-order chi connectivity index (χ0) is 21.1. The minimum atomic E-state index is 0.242. The number of rotatable bonds is 4. The van der Waals surface area contributed by atoms with Crippen molar-refractivity contribution >= 4 is 23.7 Å². The molecule has 0 heterocycles. The highest BCUT2D eigenvalue weighted by atomic mass is 16.1. The predicted molar refractivity (Wildman–Crippen MR) is 124 cm³/mol. The molecular formula is C29H34O2. The Morgan fingerprint density at radius 3 is 2.26 bits per heavy atom. The van der Waals surface area contributed by atoms with Crippen LogP contribution in [-0.4, -0.2) is 11.6 Å². The first kappa shape index (κ1) is 19.7. The Morgan fingerprint density at radius 1 is 0.839 bits per heavy atom. The summed E-state index contributed by atoms with van der Waals surface area (Å²) >= 11 is 0. The number of Topliss-reactive ketones (excluding diaryl/α,β-unsaturated/α-hetero) is 1. The van der Waals surface area contributed by atoms with E-state index in [1.54, 1.807) is 0 Å². The van der Waals surface area contributed by atoms with Crippen LogP contribution in [0, 0.1) is 47.3 Å². The molecule has 0 aliphatic heterocycles. The van der Waals surface area contributed by atoms with E-state index in [9.17, 15) is 9.59 Å². The quantitative estimate of drug-likeness (QED) is 0.537. The van der Waals surface area contributed by atoms with E-state index in [4.69, 9.17) is 0 Å². The van der Waals surface area contributed by atoms with E-state index in [0.717, 1.165) is 41.4 Å². The topological polar surface area (TPSA) is 34.1 Å². The Morgan fingerprint density at radius 2 is 1.48 bits per heavy atom. The number of carbonyl (C=O) groups is 2. The van der Waals surface area contributed by atoms with Crippen LogP contribution in [-0.2, 0) is 9.59 Å². The van der Waals surface area contributed by atoms with E-state index in [1.807, 2.05) is 12.2 Å². The smallest absolute Gasteiger partial charge is 0.162 e. The van der Waals surface area contributed by atoms with Crippen molar-refractivity contribution in [1.29, 1.82) is 0 Å². The van der Waals surface area contributed by atoms with Gasteiger partial charge in [-0.1, -0.05) is 50.1 Å². The zero-order valence-electron chi connectivity index (χ0n) is 18.6. The van der Waals surface area contributed by atoms with E-state index in [2.05, 4.69) is 37.3 Å². The first-order valence-corrected chi connectivity index (χ1v) is 12.7. The summed E-state index contributed by atoms with van der Waals surface area (Å²) in [6, 6.07) is 8.38. The highest BCUT2D eigenvalue weighted by Gasteiger charge is 2.56. The molecular weight excluding hydrogens is 380 g/mol. The van der Waals surface area contributed by atoms with Crippen molar-refractivity contribution in [3.05, 3.63) is 47.0 Å². The average Bonchev–Trinajstić information content (AvgIpc) is 3.55. The van der Waals surface area contributed by atoms with Gasteiger partial charge in [0, 0.05) is 11.8 Å². The van der Waals surface area contributed by atoms with Crippen molar-refractivity contribution in [3.63, 3.8) is 0 Å². The maximum absolute atomic E-state index is 12.9. The second-order valence-electron chi connectivity index (χ2n) is 11.2. The van der Waals surface area contributed by atoms with Crippen LogP contribution in [0.5, 0.6) is 0 Å². The Kier molecular flexibility index (Phi) is 4.81. The number of hydrogen-bond donors (Lipinski definition) is 0. The number of carbonyl (C=O) groups excluding carboxylic acids is 2. The molecule has 1 aromatic carbocycles. The Balaban J connectivity index is 1.14. The normalized spacial score (nSPS) is 42.1. The van der Waals surface area contributed by atoms with Crippen LogP contribution in [0.15, 0.2) is 35.9 Å². The van der Waals surface area contributed by atoms with Gasteiger partial charge in [0.05, 0.1) is 0 Å². The van der Waals surface area contributed by atoms with Gasteiger partial charge in [0.15, 0.2) is 11.6 Å². The van der Waals surface area contributed by atoms with Crippen LogP contribution < -0.4 is 0 Å². The van der Waals surface area contributed by atoms with Gasteiger partial charge in [-0.2, -0.15) is 0 Å². The van der Waals surface area contributed by atoms with Crippen molar-refractivity contribution in [3.8, 4) is 0 Å². The number of hydrogen-bond acceptors (Lipinski definition) is 2. The molecule has 0 saturated heterocycles. The molecule has 5 fully saturated rings. The van der Waals surface area contributed by atoms with Gasteiger partial charge in [-0.15, -0.1) is 0 Å². The Hall–Kier alpha value is -1.96. The standard InChI is InChI=1S/C29H34O2/c1-17-14-25(21-5-2-4-20(17)21)28(30)13-12-18-8-10-19(11-9-18)15-26-24-16-27(29(26)31)23-7-3-6-22(23)24/h8-13,15,17,20-25,27H,2-7,14,16H2,1H3/b13-12+,26-15+. The van der Waals surface area contributed by atoms with E-state index in [0.29, 0.717) is 41.2 Å². The van der Waals surface area contributed by atoms with Crippen LogP contribution in [0.1, 0.15) is 69.4 Å². The van der Waals surface area contributed by atoms with E-state index >= 15 is 0 Å². The molecule has 8 unspecified atom stereocenters. The Bertz CT molecular complexity index is 951. The molecule has 162 valence electrons. The first-order valence-electron chi connectivity index (χ1n) is 12.7. The summed E-state index contributed by atoms with van der Waals surface area (Å²) in [5.74, 6) is 5.38. The van der Waals surface area contributed by atoms with E-state index in [-0.39, 0.29) is 5.92 Å². The number of ketones is 2. The van der Waals surface area contributed by atoms with Gasteiger partial charge >= 0.3 is 0 Å². The largest absolute Gasteiger partial charge is 0.295 e. The summed E-state index contributed by atoms with van der Waals surface area (Å²) in [4.78, 5) is 25.7. The molecule has 2 bridgehead atoms. The fourth-order valence-electron chi connectivity index (χ4n) is 8.36. The maximum Gasteiger partial charge on any atom is 0.162 e. The fraction of sp³-hybridized carbons (Fsp3) is 0.586. The van der Waals surface area contributed by atoms with Gasteiger partial charge in [0.2, 0.25) is 0 Å². The monoisotopic (exact) mass is 414 g/mol. The van der Waals surface area contributed by atoms with Gasteiger partial charge in [-0.25, -0.2) is 0 Å². The third kappa shape index (κ3) is 3.20. The second kappa shape index (κ2) is 7.57. The summed E-state index contributed by atoms with van der Waals surface area (Å²) in [6.45, 7) is 2.33. The fourth-order valence-corrected chi connectivity index (χ4v) is 8.36. The molecule has 5 aliphatic rings.